The predicted molar refractivity (Wildman–Crippen MR) is 138 cm³/mol. The summed E-state index contributed by atoms with van der Waals surface area (Å²) < 4.78 is 29.2. The molecule has 2 aromatic carbocycles. The van der Waals surface area contributed by atoms with E-state index in [1.165, 1.54) is 11.1 Å². The average molecular weight is 516 g/mol. The fourth-order valence-corrected chi connectivity index (χ4v) is 6.17. The number of hydrogen-bond donors (Lipinski definition) is 0. The van der Waals surface area contributed by atoms with Crippen LogP contribution in [-0.4, -0.2) is 55.4 Å². The zero-order valence-corrected chi connectivity index (χ0v) is 21.8. The fourth-order valence-electron chi connectivity index (χ4n) is 5.50. The van der Waals surface area contributed by atoms with E-state index in [1.807, 2.05) is 12.1 Å². The van der Waals surface area contributed by atoms with Crippen LogP contribution in [0.5, 0.6) is 0 Å². The van der Waals surface area contributed by atoms with Gasteiger partial charge in [-0.3, -0.25) is 13.5 Å². The Bertz CT molecular complexity index is 1460. The summed E-state index contributed by atoms with van der Waals surface area (Å²) in [7, 11) is -3.37. The SMILES string of the molecule is CC1(C)c2cc(C3CCN(CCCOS(C)(=O)=O)CC3)ccc2-n2c1nc(=O)c1c(Cl)cccc12. The third-order valence-electron chi connectivity index (χ3n) is 7.33. The Morgan fingerprint density at radius 3 is 2.63 bits per heavy atom. The van der Waals surface area contributed by atoms with Crippen molar-refractivity contribution in [2.24, 2.45) is 0 Å². The molecule has 0 radical (unpaired) electrons. The molecule has 3 aromatic rings. The van der Waals surface area contributed by atoms with Crippen LogP contribution in [0.3, 0.4) is 0 Å². The Morgan fingerprint density at radius 2 is 1.91 bits per heavy atom. The Morgan fingerprint density at radius 1 is 1.17 bits per heavy atom. The van der Waals surface area contributed by atoms with Crippen LogP contribution in [0.15, 0.2) is 41.2 Å². The van der Waals surface area contributed by atoms with Gasteiger partial charge in [-0.25, -0.2) is 0 Å². The quantitative estimate of drug-likeness (QED) is 0.361. The van der Waals surface area contributed by atoms with E-state index in [-0.39, 0.29) is 12.2 Å². The molecule has 1 saturated heterocycles. The zero-order chi connectivity index (χ0) is 25.0. The Balaban J connectivity index is 1.37. The number of halogens is 1. The van der Waals surface area contributed by atoms with Gasteiger partial charge in [0, 0.05) is 6.54 Å². The molecular formula is C26H30ClN3O4S. The monoisotopic (exact) mass is 515 g/mol. The summed E-state index contributed by atoms with van der Waals surface area (Å²) in [6.45, 7) is 7.27. The van der Waals surface area contributed by atoms with E-state index < -0.39 is 15.5 Å². The van der Waals surface area contributed by atoms with Crippen molar-refractivity contribution in [2.75, 3.05) is 32.5 Å². The van der Waals surface area contributed by atoms with E-state index in [0.29, 0.717) is 22.7 Å². The highest BCUT2D eigenvalue weighted by Crippen LogP contribution is 2.44. The third-order valence-corrected chi connectivity index (χ3v) is 8.24. The first kappa shape index (κ1) is 24.4. The minimum atomic E-state index is -3.37. The first-order valence-electron chi connectivity index (χ1n) is 12.0. The lowest BCUT2D eigenvalue weighted by molar-refractivity contribution is 0.194. The summed E-state index contributed by atoms with van der Waals surface area (Å²) in [6.07, 6.45) is 3.88. The Labute approximate surface area is 210 Å². The molecule has 0 atom stereocenters. The summed E-state index contributed by atoms with van der Waals surface area (Å²) in [5.41, 5.74) is 3.65. The van der Waals surface area contributed by atoms with Gasteiger partial charge in [0.05, 0.1) is 39.9 Å². The molecule has 0 saturated carbocycles. The second-order valence-corrected chi connectivity index (χ2v) is 12.2. The number of piperidine rings is 1. The number of likely N-dealkylation sites (tertiary alicyclic amines) is 1. The molecule has 0 bridgehead atoms. The van der Waals surface area contributed by atoms with E-state index in [0.717, 1.165) is 55.8 Å². The number of benzene rings is 2. The first-order chi connectivity index (χ1) is 16.6. The molecule has 0 unspecified atom stereocenters. The molecule has 0 N–H and O–H groups in total. The molecule has 1 aromatic heterocycles. The number of rotatable bonds is 6. The summed E-state index contributed by atoms with van der Waals surface area (Å²) >= 11 is 6.37. The van der Waals surface area contributed by atoms with Gasteiger partial charge in [0.25, 0.3) is 15.7 Å². The molecule has 0 aliphatic carbocycles. The lowest BCUT2D eigenvalue weighted by Gasteiger charge is -2.32. The lowest BCUT2D eigenvalue weighted by Crippen LogP contribution is -2.34. The Hall–Kier alpha value is -2.26. The smallest absolute Gasteiger partial charge is 0.282 e. The maximum absolute atomic E-state index is 12.8. The first-order valence-corrected chi connectivity index (χ1v) is 14.2. The third kappa shape index (κ3) is 4.53. The van der Waals surface area contributed by atoms with Gasteiger partial charge in [0.2, 0.25) is 0 Å². The van der Waals surface area contributed by atoms with E-state index in [4.69, 9.17) is 15.8 Å². The van der Waals surface area contributed by atoms with Crippen molar-refractivity contribution in [3.05, 3.63) is 68.7 Å². The van der Waals surface area contributed by atoms with Crippen LogP contribution in [0.2, 0.25) is 5.02 Å². The fraction of sp³-hybridized carbons (Fsp3) is 0.462. The summed E-state index contributed by atoms with van der Waals surface area (Å²) in [6, 6.07) is 12.2. The number of aromatic nitrogens is 2. The molecule has 7 nitrogen and oxygen atoms in total. The topological polar surface area (TPSA) is 81.5 Å². The molecule has 2 aliphatic rings. The van der Waals surface area contributed by atoms with Gasteiger partial charge >= 0.3 is 0 Å². The van der Waals surface area contributed by atoms with Crippen LogP contribution in [0.4, 0.5) is 0 Å². The summed E-state index contributed by atoms with van der Waals surface area (Å²) in [5, 5.41) is 0.882. The van der Waals surface area contributed by atoms with Crippen LogP contribution < -0.4 is 5.56 Å². The Kier molecular flexibility index (Phi) is 6.28. The van der Waals surface area contributed by atoms with Crippen molar-refractivity contribution in [1.29, 1.82) is 0 Å². The van der Waals surface area contributed by atoms with Crippen LogP contribution in [0.25, 0.3) is 16.6 Å². The van der Waals surface area contributed by atoms with Crippen molar-refractivity contribution in [1.82, 2.24) is 14.5 Å². The van der Waals surface area contributed by atoms with Gasteiger partial charge in [-0.15, -0.1) is 0 Å². The molecule has 2 aliphatic heterocycles. The second kappa shape index (κ2) is 9.00. The van der Waals surface area contributed by atoms with Crippen LogP contribution in [0.1, 0.15) is 56.0 Å². The minimum absolute atomic E-state index is 0.232. The van der Waals surface area contributed by atoms with Crippen LogP contribution in [-0.2, 0) is 19.7 Å². The maximum atomic E-state index is 12.8. The normalized spacial score (nSPS) is 18.1. The van der Waals surface area contributed by atoms with Crippen LogP contribution >= 0.6 is 11.6 Å². The van der Waals surface area contributed by atoms with Gasteiger partial charge < -0.3 is 4.90 Å². The molecule has 35 heavy (non-hydrogen) atoms. The molecule has 0 amide bonds. The standard InChI is InChI=1S/C26H30ClN3O4S/c1-26(2)19-16-18(17-10-13-29(14-11-17)12-5-15-34-35(3,32)33)8-9-21(19)30-22-7-4-6-20(27)23(22)24(31)28-25(26)30/h4,6-9,16-17H,5,10-15H2,1-3H3. The van der Waals surface area contributed by atoms with Crippen LogP contribution in [0, 0.1) is 0 Å². The number of hydrogen-bond acceptors (Lipinski definition) is 6. The number of nitrogens with zero attached hydrogens (tertiary/aromatic N) is 3. The van der Waals surface area contributed by atoms with Crippen molar-refractivity contribution in [2.45, 2.75) is 44.4 Å². The largest absolute Gasteiger partial charge is 0.303 e. The van der Waals surface area contributed by atoms with Crippen molar-refractivity contribution in [3.8, 4) is 5.69 Å². The van der Waals surface area contributed by atoms with E-state index >= 15 is 0 Å². The highest BCUT2D eigenvalue weighted by atomic mass is 35.5. The molecule has 1 fully saturated rings. The van der Waals surface area contributed by atoms with Gasteiger partial charge in [0.1, 0.15) is 5.82 Å². The predicted octanol–water partition coefficient (Wildman–Crippen LogP) is 4.22. The van der Waals surface area contributed by atoms with Crippen molar-refractivity contribution < 1.29 is 12.6 Å². The lowest BCUT2D eigenvalue weighted by atomic mass is 9.81. The molecule has 3 heterocycles. The summed E-state index contributed by atoms with van der Waals surface area (Å²) in [5.74, 6) is 1.21. The van der Waals surface area contributed by atoms with E-state index in [1.54, 1.807) is 6.07 Å². The highest BCUT2D eigenvalue weighted by Gasteiger charge is 2.39. The van der Waals surface area contributed by atoms with Gasteiger partial charge in [-0.2, -0.15) is 13.4 Å². The summed E-state index contributed by atoms with van der Waals surface area (Å²) in [4.78, 5) is 19.7. The van der Waals surface area contributed by atoms with Gasteiger partial charge in [-0.05, 0) is 81.4 Å². The molecule has 9 heteroatoms. The molecule has 186 valence electrons. The molecule has 5 rings (SSSR count). The van der Waals surface area contributed by atoms with Crippen molar-refractivity contribution >= 4 is 32.6 Å². The maximum Gasteiger partial charge on any atom is 0.282 e. The van der Waals surface area contributed by atoms with Crippen molar-refractivity contribution in [3.63, 3.8) is 0 Å². The minimum Gasteiger partial charge on any atom is -0.303 e. The second-order valence-electron chi connectivity index (χ2n) is 10.1. The van der Waals surface area contributed by atoms with E-state index in [2.05, 4.69) is 46.5 Å². The zero-order valence-electron chi connectivity index (χ0n) is 20.3. The number of fused-ring (bicyclic) bond motifs is 5. The molecular weight excluding hydrogens is 486 g/mol. The average Bonchev–Trinajstić information content (AvgIpc) is 3.03. The van der Waals surface area contributed by atoms with E-state index in [9.17, 15) is 13.2 Å². The van der Waals surface area contributed by atoms with Gasteiger partial charge in [0.15, 0.2) is 0 Å². The molecule has 0 spiro atoms. The highest BCUT2D eigenvalue weighted by molar-refractivity contribution is 7.85. The van der Waals surface area contributed by atoms with Gasteiger partial charge in [-0.1, -0.05) is 29.8 Å².